The number of fused-ring (bicyclic) bond motifs is 1. The SMILES string of the molecule is [3H]CSOC1=CCCCc2c1c(C(=O)OCC)cn2C(=O)OC(C)(C)C. The molecule has 1 aromatic rings. The quantitative estimate of drug-likeness (QED) is 0.578. The number of hydrogen-bond donors (Lipinski definition) is 0. The molecule has 25 heavy (non-hydrogen) atoms. The van der Waals surface area contributed by atoms with Crippen LogP contribution in [0, 0.1) is 0 Å². The topological polar surface area (TPSA) is 66.8 Å². The standard InChI is InChI=1S/C18H25NO5S/c1-6-22-16(20)12-11-19(17(21)23-18(2,3)4)13-9-7-8-10-14(15(12)13)24-25-5/h10-11H,6-9H2,1-5H3/i5T. The lowest BCUT2D eigenvalue weighted by Crippen LogP contribution is -2.27. The van der Waals surface area contributed by atoms with Crippen molar-refractivity contribution in [2.45, 2.75) is 52.6 Å². The summed E-state index contributed by atoms with van der Waals surface area (Å²) in [6, 6.07) is 0. The molecule has 1 aliphatic rings. The summed E-state index contributed by atoms with van der Waals surface area (Å²) in [6.45, 7) is 7.33. The molecule has 0 fully saturated rings. The maximum Gasteiger partial charge on any atom is 0.418 e. The second-order valence-corrected chi connectivity index (χ2v) is 7.00. The zero-order chi connectivity index (χ0) is 19.3. The monoisotopic (exact) mass is 369 g/mol. The number of rotatable bonds is 4. The molecular formula is C18H25NO5S. The van der Waals surface area contributed by atoms with E-state index in [2.05, 4.69) is 0 Å². The van der Waals surface area contributed by atoms with E-state index in [-0.39, 0.29) is 18.4 Å². The molecule has 1 aliphatic carbocycles. The Labute approximate surface area is 154 Å². The molecule has 0 aromatic carbocycles. The maximum absolute atomic E-state index is 12.7. The summed E-state index contributed by atoms with van der Waals surface area (Å²) in [7, 11) is 0. The molecule has 0 radical (unpaired) electrons. The van der Waals surface area contributed by atoms with Crippen LogP contribution in [0.4, 0.5) is 4.79 Å². The molecule has 0 spiro atoms. The molecule has 2 rings (SSSR count). The number of carbonyl (C=O) groups excluding carboxylic acids is 2. The van der Waals surface area contributed by atoms with Crippen molar-refractivity contribution in [3.05, 3.63) is 29.1 Å². The van der Waals surface area contributed by atoms with Gasteiger partial charge in [-0.25, -0.2) is 9.59 Å². The maximum atomic E-state index is 12.7. The number of nitrogens with zero attached hydrogens (tertiary/aromatic N) is 1. The summed E-state index contributed by atoms with van der Waals surface area (Å²) in [5, 5.41) is 0. The molecule has 0 saturated carbocycles. The highest BCUT2D eigenvalue weighted by Crippen LogP contribution is 2.34. The molecule has 7 heteroatoms. The van der Waals surface area contributed by atoms with Crippen LogP contribution in [0.5, 0.6) is 0 Å². The molecule has 1 aromatic heterocycles. The molecule has 0 N–H and O–H groups in total. The van der Waals surface area contributed by atoms with E-state index in [1.54, 1.807) is 27.7 Å². The van der Waals surface area contributed by atoms with Crippen LogP contribution >= 0.6 is 12.0 Å². The number of ether oxygens (including phenoxy) is 2. The van der Waals surface area contributed by atoms with Crippen LogP contribution in [0.15, 0.2) is 12.3 Å². The summed E-state index contributed by atoms with van der Waals surface area (Å²) in [4.78, 5) is 25.1. The molecule has 0 bridgehead atoms. The highest BCUT2D eigenvalue weighted by Gasteiger charge is 2.30. The van der Waals surface area contributed by atoms with Gasteiger partial charge >= 0.3 is 12.1 Å². The van der Waals surface area contributed by atoms with Crippen molar-refractivity contribution in [1.82, 2.24) is 4.57 Å². The van der Waals surface area contributed by atoms with E-state index in [0.717, 1.165) is 24.9 Å². The van der Waals surface area contributed by atoms with Gasteiger partial charge in [0.15, 0.2) is 0 Å². The number of aromatic nitrogens is 1. The van der Waals surface area contributed by atoms with Crippen molar-refractivity contribution in [3.63, 3.8) is 0 Å². The van der Waals surface area contributed by atoms with Gasteiger partial charge < -0.3 is 13.7 Å². The van der Waals surface area contributed by atoms with E-state index >= 15 is 0 Å². The van der Waals surface area contributed by atoms with Gasteiger partial charge in [0.1, 0.15) is 11.4 Å². The van der Waals surface area contributed by atoms with E-state index in [1.807, 2.05) is 6.08 Å². The smallest absolute Gasteiger partial charge is 0.418 e. The Bertz CT molecular complexity index is 705. The van der Waals surface area contributed by atoms with Crippen molar-refractivity contribution in [2.75, 3.05) is 12.8 Å². The fraction of sp³-hybridized carbons (Fsp3) is 0.556. The van der Waals surface area contributed by atoms with Crippen molar-refractivity contribution in [1.29, 1.82) is 0 Å². The van der Waals surface area contributed by atoms with Crippen LogP contribution in [0.1, 0.15) is 63.5 Å². The van der Waals surface area contributed by atoms with Gasteiger partial charge in [0, 0.05) is 19.5 Å². The number of hydrogen-bond acceptors (Lipinski definition) is 6. The number of carbonyl (C=O) groups is 2. The van der Waals surface area contributed by atoms with E-state index in [0.29, 0.717) is 23.4 Å². The first-order valence-electron chi connectivity index (χ1n) is 8.93. The van der Waals surface area contributed by atoms with Crippen molar-refractivity contribution < 1.29 is 24.6 Å². The highest BCUT2D eigenvalue weighted by atomic mass is 32.2. The molecule has 0 amide bonds. The zero-order valence-corrected chi connectivity index (χ0v) is 15.9. The predicted octanol–water partition coefficient (Wildman–Crippen LogP) is 4.42. The minimum Gasteiger partial charge on any atom is -0.462 e. The van der Waals surface area contributed by atoms with Gasteiger partial charge in [0.25, 0.3) is 0 Å². The Balaban J connectivity index is 2.54. The van der Waals surface area contributed by atoms with Crippen molar-refractivity contribution in [2.24, 2.45) is 0 Å². The average Bonchev–Trinajstić information content (AvgIpc) is 2.81. The summed E-state index contributed by atoms with van der Waals surface area (Å²) < 4.78 is 24.9. The molecule has 0 unspecified atom stereocenters. The summed E-state index contributed by atoms with van der Waals surface area (Å²) in [5.41, 5.74) is 0.829. The second-order valence-electron chi connectivity index (χ2n) is 6.60. The van der Waals surface area contributed by atoms with Crippen LogP contribution in [-0.2, 0) is 20.1 Å². The molecule has 138 valence electrons. The minimum atomic E-state index is -0.653. The lowest BCUT2D eigenvalue weighted by Gasteiger charge is -2.20. The number of esters is 1. The Kier molecular flexibility index (Phi) is 5.73. The van der Waals surface area contributed by atoms with Gasteiger partial charge in [-0.05, 0) is 53.0 Å². The highest BCUT2D eigenvalue weighted by molar-refractivity contribution is 7.94. The van der Waals surface area contributed by atoms with Crippen LogP contribution in [0.25, 0.3) is 5.76 Å². The molecule has 6 nitrogen and oxygen atoms in total. The van der Waals surface area contributed by atoms with Crippen LogP contribution < -0.4 is 0 Å². The fourth-order valence-corrected chi connectivity index (χ4v) is 2.93. The summed E-state index contributed by atoms with van der Waals surface area (Å²) >= 11 is 0.970. The van der Waals surface area contributed by atoms with Crippen molar-refractivity contribution in [3.8, 4) is 0 Å². The second kappa shape index (κ2) is 7.99. The summed E-state index contributed by atoms with van der Waals surface area (Å²) in [5.74, 6) is -0.0292. The van der Waals surface area contributed by atoms with Gasteiger partial charge in [-0.1, -0.05) is 0 Å². The van der Waals surface area contributed by atoms with Gasteiger partial charge in [-0.3, -0.25) is 4.57 Å². The van der Waals surface area contributed by atoms with Crippen LogP contribution in [0.3, 0.4) is 0 Å². The van der Waals surface area contributed by atoms with E-state index in [4.69, 9.17) is 15.0 Å². The largest absolute Gasteiger partial charge is 0.462 e. The third-order valence-electron chi connectivity index (χ3n) is 3.53. The zero-order valence-electron chi connectivity index (χ0n) is 16.1. The van der Waals surface area contributed by atoms with E-state index < -0.39 is 17.7 Å². The first-order valence-corrected chi connectivity index (χ1v) is 9.13. The van der Waals surface area contributed by atoms with E-state index in [9.17, 15) is 9.59 Å². The first kappa shape index (κ1) is 17.9. The predicted molar refractivity (Wildman–Crippen MR) is 97.5 cm³/mol. The minimum absolute atomic E-state index is 0.0220. The van der Waals surface area contributed by atoms with Gasteiger partial charge in [-0.15, -0.1) is 0 Å². The third kappa shape index (κ3) is 4.60. The van der Waals surface area contributed by atoms with E-state index in [1.165, 1.54) is 10.8 Å². The average molecular weight is 369 g/mol. The van der Waals surface area contributed by atoms with Gasteiger partial charge in [-0.2, -0.15) is 0 Å². The fourth-order valence-electron chi connectivity index (χ4n) is 2.65. The van der Waals surface area contributed by atoms with Gasteiger partial charge in [0.2, 0.25) is 0 Å². The summed E-state index contributed by atoms with van der Waals surface area (Å²) in [6.07, 6.45) is 4.98. The Hall–Kier alpha value is -1.89. The lowest BCUT2D eigenvalue weighted by molar-refractivity contribution is 0.0525. The first-order chi connectivity index (χ1) is 12.3. The van der Waals surface area contributed by atoms with Crippen LogP contribution in [0.2, 0.25) is 0 Å². The Morgan fingerprint density at radius 3 is 2.80 bits per heavy atom. The molecular weight excluding hydrogens is 342 g/mol. The molecule has 0 saturated heterocycles. The van der Waals surface area contributed by atoms with Crippen molar-refractivity contribution >= 4 is 29.9 Å². The Morgan fingerprint density at radius 2 is 2.16 bits per heavy atom. The lowest BCUT2D eigenvalue weighted by atomic mass is 10.1. The van der Waals surface area contributed by atoms with Crippen LogP contribution in [-0.4, -0.2) is 35.1 Å². The van der Waals surface area contributed by atoms with Gasteiger partial charge in [0.05, 0.1) is 29.8 Å². The molecule has 0 aliphatic heterocycles. The molecule has 0 atom stereocenters. The molecule has 1 heterocycles. The normalized spacial score (nSPS) is 14.7. The number of allylic oxidation sites excluding steroid dienone is 1. The Morgan fingerprint density at radius 1 is 1.40 bits per heavy atom. The third-order valence-corrected chi connectivity index (χ3v) is 3.83.